The van der Waals surface area contributed by atoms with E-state index in [4.69, 9.17) is 26.4 Å². The smallest absolute Gasteiger partial charge is 0.335 e. The lowest BCUT2D eigenvalue weighted by molar-refractivity contribution is -0.271. The van der Waals surface area contributed by atoms with Crippen molar-refractivity contribution in [2.45, 2.75) is 94.3 Å². The number of aliphatic carboxylic acids is 2. The number of benzene rings is 1. The summed E-state index contributed by atoms with van der Waals surface area (Å²) in [6, 6.07) is 1.28. The van der Waals surface area contributed by atoms with E-state index in [1.165, 1.54) is 25.3 Å². The topological polar surface area (TPSA) is 361 Å². The van der Waals surface area contributed by atoms with Crippen LogP contribution in [0, 0.1) is 0 Å². The van der Waals surface area contributed by atoms with E-state index in [1.54, 1.807) is 0 Å². The van der Waals surface area contributed by atoms with Crippen LogP contribution in [0.15, 0.2) is 18.2 Å². The van der Waals surface area contributed by atoms with Gasteiger partial charge >= 0.3 is 11.9 Å². The number of amides is 5. The molecule has 0 radical (unpaired) electrons. The number of carbonyl (C=O) groups excluding carboxylic acids is 6. The lowest BCUT2D eigenvalue weighted by Crippen LogP contribution is -2.61. The normalized spacial score (nSPS) is 20.1. The Kier molecular flexibility index (Phi) is 20.1. The highest BCUT2D eigenvalue weighted by Gasteiger charge is 2.48. The molecular formula is C34H50N6O17. The molecule has 1 fully saturated rings. The Bertz CT molecular complexity index is 1600. The van der Waals surface area contributed by atoms with Crippen LogP contribution in [-0.4, -0.2) is 150 Å². The summed E-state index contributed by atoms with van der Waals surface area (Å²) in [6.45, 7) is -0.632. The summed E-state index contributed by atoms with van der Waals surface area (Å²) in [5.41, 5.74) is 5.75. The van der Waals surface area contributed by atoms with Crippen molar-refractivity contribution in [3.8, 4) is 5.75 Å². The quantitative estimate of drug-likeness (QED) is 0.0333. The summed E-state index contributed by atoms with van der Waals surface area (Å²) in [7, 11) is 1.45. The largest absolute Gasteiger partial charge is 0.481 e. The number of unbranched alkanes of at least 4 members (excludes halogenated alkanes) is 1. The minimum Gasteiger partial charge on any atom is -0.481 e. The molecule has 0 spiro atoms. The lowest BCUT2D eigenvalue weighted by atomic mass is 9.99. The maximum Gasteiger partial charge on any atom is 0.335 e. The number of anilines is 1. The molecule has 0 aromatic heterocycles. The van der Waals surface area contributed by atoms with Crippen molar-refractivity contribution in [3.63, 3.8) is 0 Å². The lowest BCUT2D eigenvalue weighted by Gasteiger charge is -2.38. The average Bonchev–Trinajstić information content (AvgIpc) is 3.17. The third-order valence-corrected chi connectivity index (χ3v) is 8.18. The van der Waals surface area contributed by atoms with Crippen molar-refractivity contribution in [1.29, 1.82) is 0 Å². The van der Waals surface area contributed by atoms with Gasteiger partial charge in [0, 0.05) is 46.0 Å². The molecule has 1 aromatic rings. The first-order chi connectivity index (χ1) is 27.5. The Morgan fingerprint density at radius 3 is 2.26 bits per heavy atom. The number of hydrogen-bond acceptors (Lipinski definition) is 16. The van der Waals surface area contributed by atoms with Gasteiger partial charge in [0.2, 0.25) is 35.8 Å². The molecule has 57 heavy (non-hydrogen) atoms. The van der Waals surface area contributed by atoms with Crippen molar-refractivity contribution in [3.05, 3.63) is 23.8 Å². The number of aliphatic hydroxyl groups excluding tert-OH is 3. The number of carboxylic acid groups (broad SMARTS) is 2. The molecule has 1 aliphatic rings. The van der Waals surface area contributed by atoms with Gasteiger partial charge in [-0.3, -0.25) is 33.6 Å². The molecule has 23 nitrogen and oxygen atoms in total. The predicted molar refractivity (Wildman–Crippen MR) is 192 cm³/mol. The van der Waals surface area contributed by atoms with Gasteiger partial charge in [0.1, 0.15) is 42.8 Å². The number of carbonyl (C=O) groups is 8. The molecule has 7 atom stereocenters. The van der Waals surface area contributed by atoms with Crippen molar-refractivity contribution >= 4 is 53.6 Å². The minimum absolute atomic E-state index is 0.0435. The number of nitrogens with one attached hydrogen (secondary N) is 5. The van der Waals surface area contributed by atoms with Gasteiger partial charge in [-0.25, -0.2) is 4.79 Å². The van der Waals surface area contributed by atoms with Crippen LogP contribution in [0.2, 0.25) is 0 Å². The maximum atomic E-state index is 13.3. The summed E-state index contributed by atoms with van der Waals surface area (Å²) in [6.07, 6.45) is -11.6. The molecule has 0 saturated carbocycles. The fourth-order valence-electron chi connectivity index (χ4n) is 5.13. The fraction of sp³-hybridized carbons (Fsp3) is 0.588. The van der Waals surface area contributed by atoms with Gasteiger partial charge in [-0.15, -0.1) is 0 Å². The molecule has 1 unspecified atom stereocenters. The van der Waals surface area contributed by atoms with E-state index in [-0.39, 0.29) is 62.0 Å². The number of methoxy groups -OCH3 is 1. The predicted octanol–water partition coefficient (Wildman–Crippen LogP) is -3.81. The Morgan fingerprint density at radius 2 is 1.61 bits per heavy atom. The Hall–Kier alpha value is -5.46. The van der Waals surface area contributed by atoms with Crippen molar-refractivity contribution in [1.82, 2.24) is 21.3 Å². The Balaban J connectivity index is 2.15. The standard InChI is InChI=1S/C34H50N6O17/c1-54-13-10-23(42)36-11-3-2-4-19(40-32(51)21(15-35)39-24(43)7-8-26(45)46)31(50)37-12-9-25(44)38-20-14-18(16-55-17-41)5-6-22(20)56-34-29(49)27(47)28(48)30(57-34)33(52)53/h5-6,14,17,19,21,27-30,34,47-49H,2-4,7-13,15-16,35H2,1H3,(H,36,42)(H,37,50)(H,38,44)(H,39,43)(H,40,51)(H,45,46)(H,52,53)/t19-,21?,27-,28-,29+,30-,34+/m0/s1/i17D. The third-order valence-electron chi connectivity index (χ3n) is 8.18. The first-order valence-electron chi connectivity index (χ1n) is 18.2. The zero-order valence-corrected chi connectivity index (χ0v) is 31.0. The van der Waals surface area contributed by atoms with Crippen LogP contribution in [0.3, 0.4) is 0 Å². The molecule has 1 aliphatic heterocycles. The van der Waals surface area contributed by atoms with Crippen molar-refractivity contribution in [2.24, 2.45) is 5.73 Å². The summed E-state index contributed by atoms with van der Waals surface area (Å²) in [5.74, 6) is -6.48. The van der Waals surface area contributed by atoms with Gasteiger partial charge in [-0.2, -0.15) is 0 Å². The molecule has 318 valence electrons. The second kappa shape index (κ2) is 24.9. The molecule has 12 N–H and O–H groups in total. The number of nitrogens with two attached hydrogens (primary N) is 1. The highest BCUT2D eigenvalue weighted by atomic mass is 16.7. The van der Waals surface area contributed by atoms with E-state index in [2.05, 4.69) is 31.3 Å². The summed E-state index contributed by atoms with van der Waals surface area (Å²) < 4.78 is 27.2. The summed E-state index contributed by atoms with van der Waals surface area (Å²) >= 11 is 0. The number of hydrogen-bond donors (Lipinski definition) is 11. The van der Waals surface area contributed by atoms with Crippen LogP contribution in [0.5, 0.6) is 5.75 Å². The molecule has 2 rings (SSSR count). The van der Waals surface area contributed by atoms with Gasteiger partial charge in [0.25, 0.3) is 6.45 Å². The Labute approximate surface area is 327 Å². The van der Waals surface area contributed by atoms with Gasteiger partial charge < -0.3 is 76.8 Å². The van der Waals surface area contributed by atoms with Gasteiger partial charge in [-0.1, -0.05) is 6.07 Å². The van der Waals surface area contributed by atoms with E-state index < -0.39 is 111 Å². The van der Waals surface area contributed by atoms with Crippen LogP contribution in [0.1, 0.15) is 51.9 Å². The molecule has 5 amide bonds. The summed E-state index contributed by atoms with van der Waals surface area (Å²) in [4.78, 5) is 96.9. The molecule has 1 aromatic carbocycles. The molecule has 0 bridgehead atoms. The maximum absolute atomic E-state index is 13.3. The minimum atomic E-state index is -2.01. The van der Waals surface area contributed by atoms with E-state index in [9.17, 15) is 58.8 Å². The zero-order valence-electron chi connectivity index (χ0n) is 32.0. The number of rotatable bonds is 25. The Morgan fingerprint density at radius 1 is 0.877 bits per heavy atom. The van der Waals surface area contributed by atoms with E-state index in [0.717, 1.165) is 0 Å². The fourth-order valence-corrected chi connectivity index (χ4v) is 5.13. The monoisotopic (exact) mass is 815 g/mol. The molecule has 23 heteroatoms. The SMILES string of the molecule is [2H]C(=O)OCc1ccc(O[C@@H]2O[C@H](C(=O)O)[C@@H](O)[C@H](O)[C@H]2O)c(NC(=O)CCNC(=O)[C@H](CCCCNC(=O)CCOC)NC(=O)C(CN)NC(=O)CCC(=O)O)c1. The second-order valence-corrected chi connectivity index (χ2v) is 12.5. The van der Waals surface area contributed by atoms with Gasteiger partial charge in [0.05, 0.1) is 18.7 Å². The number of aliphatic hydroxyl groups is 3. The molecule has 0 aliphatic carbocycles. The van der Waals surface area contributed by atoms with E-state index in [1.807, 2.05) is 0 Å². The summed E-state index contributed by atoms with van der Waals surface area (Å²) in [5, 5.41) is 61.3. The van der Waals surface area contributed by atoms with Crippen LogP contribution in [0.25, 0.3) is 0 Å². The molecular weight excluding hydrogens is 764 g/mol. The first-order valence-corrected chi connectivity index (χ1v) is 17.7. The van der Waals surface area contributed by atoms with Crippen LogP contribution < -0.4 is 37.1 Å². The first kappa shape index (κ1) is 45.9. The van der Waals surface area contributed by atoms with E-state index in [0.29, 0.717) is 12.8 Å². The average molecular weight is 816 g/mol. The van der Waals surface area contributed by atoms with Gasteiger partial charge in [-0.05, 0) is 37.0 Å². The number of carboxylic acids is 2. The molecule has 1 saturated heterocycles. The van der Waals surface area contributed by atoms with Crippen LogP contribution in [-0.2, 0) is 59.2 Å². The molecule has 1 heterocycles. The van der Waals surface area contributed by atoms with Crippen LogP contribution >= 0.6 is 0 Å². The number of ether oxygens (including phenoxy) is 4. The zero-order chi connectivity index (χ0) is 43.4. The van der Waals surface area contributed by atoms with E-state index >= 15 is 0 Å². The highest BCUT2D eigenvalue weighted by molar-refractivity contribution is 5.94. The van der Waals surface area contributed by atoms with Crippen molar-refractivity contribution < 1.29 is 84.2 Å². The third kappa shape index (κ3) is 16.7. The van der Waals surface area contributed by atoms with Crippen molar-refractivity contribution in [2.75, 3.05) is 38.7 Å². The highest BCUT2D eigenvalue weighted by Crippen LogP contribution is 2.31. The second-order valence-electron chi connectivity index (χ2n) is 12.5. The van der Waals surface area contributed by atoms with Gasteiger partial charge in [0.15, 0.2) is 7.47 Å². The van der Waals surface area contributed by atoms with Crippen LogP contribution in [0.4, 0.5) is 5.69 Å².